The number of nitrogens with one attached hydrogen (secondary N) is 1. The largest absolute Gasteiger partial charge is 0.462 e. The molecular formula is C18H17ClN2O5S. The lowest BCUT2D eigenvalue weighted by molar-refractivity contribution is -0.384. The van der Waals surface area contributed by atoms with Gasteiger partial charge < -0.3 is 10.1 Å². The molecule has 0 aliphatic carbocycles. The fourth-order valence-electron chi connectivity index (χ4n) is 2.12. The van der Waals surface area contributed by atoms with E-state index in [9.17, 15) is 19.7 Å². The van der Waals surface area contributed by atoms with Crippen LogP contribution in [0.2, 0.25) is 5.02 Å². The number of nitrogens with zero attached hydrogens (tertiary/aromatic N) is 1. The molecule has 2 rings (SSSR count). The van der Waals surface area contributed by atoms with Crippen LogP contribution in [0.25, 0.3) is 0 Å². The average Bonchev–Trinajstić information content (AvgIpc) is 2.64. The first-order chi connectivity index (χ1) is 12.9. The predicted molar refractivity (Wildman–Crippen MR) is 105 cm³/mol. The van der Waals surface area contributed by atoms with Crippen molar-refractivity contribution < 1.29 is 19.2 Å². The van der Waals surface area contributed by atoms with Gasteiger partial charge in [-0.25, -0.2) is 4.79 Å². The second kappa shape index (κ2) is 9.94. The number of nitro benzene ring substituents is 1. The van der Waals surface area contributed by atoms with E-state index in [2.05, 4.69) is 5.32 Å². The van der Waals surface area contributed by atoms with Gasteiger partial charge in [0.25, 0.3) is 5.69 Å². The van der Waals surface area contributed by atoms with Crippen molar-refractivity contribution in [1.29, 1.82) is 0 Å². The third-order valence-electron chi connectivity index (χ3n) is 3.40. The summed E-state index contributed by atoms with van der Waals surface area (Å²) in [5.74, 6) is 0.0112. The van der Waals surface area contributed by atoms with Crippen LogP contribution in [0.15, 0.2) is 42.5 Å². The molecule has 1 N–H and O–H groups in total. The Labute approximate surface area is 165 Å². The van der Waals surface area contributed by atoms with Gasteiger partial charge in [-0.3, -0.25) is 14.9 Å². The molecule has 0 saturated heterocycles. The van der Waals surface area contributed by atoms with Crippen molar-refractivity contribution in [3.8, 4) is 0 Å². The van der Waals surface area contributed by atoms with E-state index in [4.69, 9.17) is 16.3 Å². The molecule has 0 fully saturated rings. The summed E-state index contributed by atoms with van der Waals surface area (Å²) in [5.41, 5.74) is 1.63. The third-order valence-corrected chi connectivity index (χ3v) is 4.72. The second-order valence-electron chi connectivity index (χ2n) is 5.38. The standard InChI is InChI=1S/C18H17ClN2O5S/c1-2-26-18(23)13-5-8-16(15(19)9-13)20-17(22)11-27-10-12-3-6-14(7-4-12)21(24)25/h3-9H,2,10-11H2,1H3,(H,20,22). The van der Waals surface area contributed by atoms with Gasteiger partial charge in [0.1, 0.15) is 0 Å². The van der Waals surface area contributed by atoms with Gasteiger partial charge in [-0.15, -0.1) is 11.8 Å². The lowest BCUT2D eigenvalue weighted by Gasteiger charge is -2.09. The fourth-order valence-corrected chi connectivity index (χ4v) is 3.14. The van der Waals surface area contributed by atoms with Crippen LogP contribution in [-0.2, 0) is 15.3 Å². The van der Waals surface area contributed by atoms with Gasteiger partial charge in [-0.1, -0.05) is 23.7 Å². The van der Waals surface area contributed by atoms with Crippen molar-refractivity contribution in [1.82, 2.24) is 0 Å². The highest BCUT2D eigenvalue weighted by molar-refractivity contribution is 7.99. The molecule has 2 aromatic carbocycles. The molecule has 27 heavy (non-hydrogen) atoms. The van der Waals surface area contributed by atoms with Gasteiger partial charge >= 0.3 is 5.97 Å². The highest BCUT2D eigenvalue weighted by Crippen LogP contribution is 2.24. The summed E-state index contributed by atoms with van der Waals surface area (Å²) in [6, 6.07) is 10.7. The third kappa shape index (κ3) is 6.26. The molecule has 0 aromatic heterocycles. The van der Waals surface area contributed by atoms with E-state index in [0.29, 0.717) is 17.0 Å². The lowest BCUT2D eigenvalue weighted by Crippen LogP contribution is -2.15. The second-order valence-corrected chi connectivity index (χ2v) is 6.77. The number of carbonyl (C=O) groups is 2. The van der Waals surface area contributed by atoms with Crippen LogP contribution in [0, 0.1) is 10.1 Å². The molecule has 0 aliphatic heterocycles. The highest BCUT2D eigenvalue weighted by atomic mass is 35.5. The summed E-state index contributed by atoms with van der Waals surface area (Å²) in [6.07, 6.45) is 0. The Hall–Kier alpha value is -2.58. The topological polar surface area (TPSA) is 98.5 Å². The molecule has 7 nitrogen and oxygen atoms in total. The van der Waals surface area contributed by atoms with Crippen molar-refractivity contribution in [2.75, 3.05) is 17.7 Å². The monoisotopic (exact) mass is 408 g/mol. The van der Waals surface area contributed by atoms with E-state index in [-0.39, 0.29) is 29.0 Å². The van der Waals surface area contributed by atoms with E-state index < -0.39 is 10.9 Å². The summed E-state index contributed by atoms with van der Waals surface area (Å²) in [6.45, 7) is 1.98. The quantitative estimate of drug-likeness (QED) is 0.397. The van der Waals surface area contributed by atoms with Crippen LogP contribution in [0.5, 0.6) is 0 Å². The van der Waals surface area contributed by atoms with Crippen LogP contribution < -0.4 is 5.32 Å². The van der Waals surface area contributed by atoms with E-state index >= 15 is 0 Å². The highest BCUT2D eigenvalue weighted by Gasteiger charge is 2.11. The summed E-state index contributed by atoms with van der Waals surface area (Å²) in [7, 11) is 0. The number of thioether (sulfide) groups is 1. The zero-order chi connectivity index (χ0) is 19.8. The Kier molecular flexibility index (Phi) is 7.63. The van der Waals surface area contributed by atoms with E-state index in [1.807, 2.05) is 0 Å². The molecule has 0 heterocycles. The zero-order valence-corrected chi connectivity index (χ0v) is 16.0. The Morgan fingerprint density at radius 1 is 1.22 bits per heavy atom. The van der Waals surface area contributed by atoms with Crippen LogP contribution in [0.4, 0.5) is 11.4 Å². The average molecular weight is 409 g/mol. The summed E-state index contributed by atoms with van der Waals surface area (Å²) in [5, 5.41) is 13.5. The Morgan fingerprint density at radius 3 is 2.52 bits per heavy atom. The maximum Gasteiger partial charge on any atom is 0.338 e. The number of hydrogen-bond donors (Lipinski definition) is 1. The SMILES string of the molecule is CCOC(=O)c1ccc(NC(=O)CSCc2ccc([N+](=O)[O-])cc2)c(Cl)c1. The number of non-ortho nitro benzene ring substituents is 1. The number of carbonyl (C=O) groups excluding carboxylic acids is 2. The number of benzene rings is 2. The maximum absolute atomic E-state index is 12.0. The number of halogens is 1. The number of ether oxygens (including phenoxy) is 1. The van der Waals surface area contributed by atoms with Gasteiger partial charge in [0.15, 0.2) is 0 Å². The van der Waals surface area contributed by atoms with Crippen molar-refractivity contribution in [2.24, 2.45) is 0 Å². The van der Waals surface area contributed by atoms with E-state index in [1.165, 1.54) is 36.0 Å². The van der Waals surface area contributed by atoms with Crippen molar-refractivity contribution in [3.63, 3.8) is 0 Å². The summed E-state index contributed by atoms with van der Waals surface area (Å²) < 4.78 is 4.89. The fraction of sp³-hybridized carbons (Fsp3) is 0.222. The molecule has 0 atom stereocenters. The van der Waals surface area contributed by atoms with Crippen molar-refractivity contribution in [3.05, 3.63) is 68.7 Å². The molecular weight excluding hydrogens is 392 g/mol. The molecule has 0 spiro atoms. The number of rotatable bonds is 8. The van der Waals surface area contributed by atoms with Gasteiger partial charge in [0.05, 0.1) is 33.6 Å². The molecule has 0 radical (unpaired) electrons. The van der Waals surface area contributed by atoms with E-state index in [1.54, 1.807) is 25.1 Å². The van der Waals surface area contributed by atoms with Crippen molar-refractivity contribution >= 4 is 46.6 Å². The minimum absolute atomic E-state index is 0.0300. The first-order valence-corrected chi connectivity index (χ1v) is 9.51. The van der Waals surface area contributed by atoms with Crippen LogP contribution in [0.3, 0.4) is 0 Å². The minimum Gasteiger partial charge on any atom is -0.462 e. The van der Waals surface area contributed by atoms with Crippen LogP contribution in [0.1, 0.15) is 22.8 Å². The first-order valence-electron chi connectivity index (χ1n) is 7.98. The molecule has 142 valence electrons. The molecule has 9 heteroatoms. The predicted octanol–water partition coefficient (Wildman–Crippen LogP) is 4.30. The lowest BCUT2D eigenvalue weighted by atomic mass is 10.2. The Bertz CT molecular complexity index is 842. The number of esters is 1. The maximum atomic E-state index is 12.0. The summed E-state index contributed by atoms with van der Waals surface area (Å²) in [4.78, 5) is 33.9. The zero-order valence-electron chi connectivity index (χ0n) is 14.4. The number of anilines is 1. The molecule has 0 saturated carbocycles. The Morgan fingerprint density at radius 2 is 1.93 bits per heavy atom. The number of amides is 1. The summed E-state index contributed by atoms with van der Waals surface area (Å²) >= 11 is 7.47. The smallest absolute Gasteiger partial charge is 0.338 e. The minimum atomic E-state index is -0.476. The van der Waals surface area contributed by atoms with Crippen molar-refractivity contribution in [2.45, 2.75) is 12.7 Å². The van der Waals surface area contributed by atoms with Gasteiger partial charge in [-0.05, 0) is 30.7 Å². The van der Waals surface area contributed by atoms with Gasteiger partial charge in [0.2, 0.25) is 5.91 Å². The molecule has 1 amide bonds. The molecule has 0 unspecified atom stereocenters. The number of nitro groups is 1. The Balaban J connectivity index is 1.84. The molecule has 2 aromatic rings. The number of hydrogen-bond acceptors (Lipinski definition) is 6. The molecule has 0 bridgehead atoms. The van der Waals surface area contributed by atoms with E-state index in [0.717, 1.165) is 5.56 Å². The van der Waals surface area contributed by atoms with Gasteiger partial charge in [0, 0.05) is 17.9 Å². The van der Waals surface area contributed by atoms with Gasteiger partial charge in [-0.2, -0.15) is 0 Å². The first kappa shape index (κ1) is 20.7. The van der Waals surface area contributed by atoms with Crippen LogP contribution in [-0.4, -0.2) is 29.2 Å². The normalized spacial score (nSPS) is 10.3. The van der Waals surface area contributed by atoms with Crippen LogP contribution >= 0.6 is 23.4 Å². The molecule has 0 aliphatic rings.